The molecule has 7 heteroatoms. The van der Waals surface area contributed by atoms with E-state index in [0.29, 0.717) is 12.0 Å². The number of sulfonamides is 1. The normalized spacial score (nSPS) is 16.7. The largest absolute Gasteiger partial charge is 0.380 e. The molecule has 1 aliphatic heterocycles. The van der Waals surface area contributed by atoms with Crippen molar-refractivity contribution in [2.24, 2.45) is 0 Å². The van der Waals surface area contributed by atoms with Gasteiger partial charge >= 0.3 is 0 Å². The minimum atomic E-state index is -3.75. The molecule has 3 aromatic carbocycles. The van der Waals surface area contributed by atoms with Gasteiger partial charge in [-0.1, -0.05) is 44.2 Å². The van der Waals surface area contributed by atoms with E-state index in [1.165, 1.54) is 0 Å². The van der Waals surface area contributed by atoms with Crippen LogP contribution >= 0.6 is 0 Å². The van der Waals surface area contributed by atoms with Gasteiger partial charge in [0.1, 0.15) is 0 Å². The molecule has 4 rings (SSSR count). The standard InChI is InChI=1S/C28H33N3O3S/c1-5-19-11-14-22(15-12-19)35(33,34)31-26-18-28(3,4)30-25-16-13-21(17-23(25)26)27(32)29-24-10-8-7-9-20(24)6-2/h7-17,26,30-31H,5-6,18H2,1-4H3,(H,29,32)/t26-/m0/s1. The first kappa shape index (κ1) is 24.9. The summed E-state index contributed by atoms with van der Waals surface area (Å²) in [6.07, 6.45) is 2.19. The van der Waals surface area contributed by atoms with E-state index < -0.39 is 16.1 Å². The third-order valence-corrected chi connectivity index (χ3v) is 7.95. The fourth-order valence-electron chi connectivity index (χ4n) is 4.55. The Bertz CT molecular complexity index is 1330. The zero-order valence-electron chi connectivity index (χ0n) is 20.7. The summed E-state index contributed by atoms with van der Waals surface area (Å²) in [5, 5.41) is 6.48. The van der Waals surface area contributed by atoms with Gasteiger partial charge in [-0.05, 0) is 86.2 Å². The molecule has 0 saturated heterocycles. The molecule has 35 heavy (non-hydrogen) atoms. The number of fused-ring (bicyclic) bond motifs is 1. The Kier molecular flexibility index (Phi) is 7.01. The van der Waals surface area contributed by atoms with Crippen LogP contribution in [-0.4, -0.2) is 19.9 Å². The third kappa shape index (κ3) is 5.57. The SMILES string of the molecule is CCc1ccc(S(=O)(=O)N[C@H]2CC(C)(C)Nc3ccc(C(=O)Nc4ccccc4CC)cc32)cc1. The molecular weight excluding hydrogens is 458 g/mol. The molecule has 6 nitrogen and oxygen atoms in total. The number of hydrogen-bond donors (Lipinski definition) is 3. The highest BCUT2D eigenvalue weighted by Crippen LogP contribution is 2.39. The average molecular weight is 492 g/mol. The van der Waals surface area contributed by atoms with Crippen molar-refractivity contribution < 1.29 is 13.2 Å². The predicted octanol–water partition coefficient (Wildman–Crippen LogP) is 5.68. The van der Waals surface area contributed by atoms with E-state index in [1.54, 1.807) is 24.3 Å². The first-order valence-corrected chi connectivity index (χ1v) is 13.5. The zero-order chi connectivity index (χ0) is 25.2. The minimum absolute atomic E-state index is 0.227. The molecule has 0 radical (unpaired) electrons. The van der Waals surface area contributed by atoms with E-state index in [-0.39, 0.29) is 16.3 Å². The topological polar surface area (TPSA) is 87.3 Å². The van der Waals surface area contributed by atoms with Crippen LogP contribution in [0.4, 0.5) is 11.4 Å². The van der Waals surface area contributed by atoms with Gasteiger partial charge in [-0.3, -0.25) is 4.79 Å². The molecule has 1 amide bonds. The van der Waals surface area contributed by atoms with E-state index in [1.807, 2.05) is 70.2 Å². The van der Waals surface area contributed by atoms with Gasteiger partial charge in [0.2, 0.25) is 10.0 Å². The molecule has 0 saturated carbocycles. The maximum atomic E-state index is 13.2. The van der Waals surface area contributed by atoms with Crippen molar-refractivity contribution in [1.82, 2.24) is 4.72 Å². The van der Waals surface area contributed by atoms with Crippen LogP contribution in [0.2, 0.25) is 0 Å². The summed E-state index contributed by atoms with van der Waals surface area (Å²) < 4.78 is 29.4. The minimum Gasteiger partial charge on any atom is -0.380 e. The van der Waals surface area contributed by atoms with Crippen LogP contribution < -0.4 is 15.4 Å². The van der Waals surface area contributed by atoms with Crippen molar-refractivity contribution >= 4 is 27.3 Å². The number of para-hydroxylation sites is 1. The second-order valence-electron chi connectivity index (χ2n) is 9.65. The number of aryl methyl sites for hydroxylation is 2. The third-order valence-electron chi connectivity index (χ3n) is 6.46. The summed E-state index contributed by atoms with van der Waals surface area (Å²) in [5.41, 5.74) is 4.66. The Hall–Kier alpha value is -3.16. The second-order valence-corrected chi connectivity index (χ2v) is 11.4. The number of hydrogen-bond acceptors (Lipinski definition) is 4. The van der Waals surface area contributed by atoms with E-state index in [0.717, 1.165) is 40.9 Å². The fourth-order valence-corrected chi connectivity index (χ4v) is 5.77. The number of rotatable bonds is 7. The van der Waals surface area contributed by atoms with Crippen LogP contribution in [0.3, 0.4) is 0 Å². The molecule has 0 bridgehead atoms. The lowest BCUT2D eigenvalue weighted by atomic mass is 9.85. The number of carbonyl (C=O) groups is 1. The predicted molar refractivity (Wildman–Crippen MR) is 141 cm³/mol. The fraction of sp³-hybridized carbons (Fsp3) is 0.321. The van der Waals surface area contributed by atoms with Crippen molar-refractivity contribution in [2.45, 2.75) is 63.4 Å². The van der Waals surface area contributed by atoms with Crippen LogP contribution in [0.5, 0.6) is 0 Å². The quantitative estimate of drug-likeness (QED) is 0.397. The Morgan fingerprint density at radius 3 is 2.40 bits per heavy atom. The summed E-state index contributed by atoms with van der Waals surface area (Å²) in [5.74, 6) is -0.227. The summed E-state index contributed by atoms with van der Waals surface area (Å²) in [4.78, 5) is 13.3. The molecule has 0 aliphatic carbocycles. The highest BCUT2D eigenvalue weighted by atomic mass is 32.2. The van der Waals surface area contributed by atoms with Gasteiger partial charge < -0.3 is 10.6 Å². The van der Waals surface area contributed by atoms with Crippen LogP contribution in [0.1, 0.15) is 67.2 Å². The molecule has 1 aliphatic rings. The van der Waals surface area contributed by atoms with E-state index in [2.05, 4.69) is 15.4 Å². The highest BCUT2D eigenvalue weighted by Gasteiger charge is 2.34. The summed E-state index contributed by atoms with van der Waals surface area (Å²) in [6.45, 7) is 8.15. The molecule has 3 aromatic rings. The van der Waals surface area contributed by atoms with E-state index >= 15 is 0 Å². The first-order chi connectivity index (χ1) is 16.6. The lowest BCUT2D eigenvalue weighted by Gasteiger charge is -2.39. The molecule has 1 heterocycles. The lowest BCUT2D eigenvalue weighted by Crippen LogP contribution is -2.43. The number of anilines is 2. The van der Waals surface area contributed by atoms with Crippen molar-refractivity contribution in [2.75, 3.05) is 10.6 Å². The van der Waals surface area contributed by atoms with Gasteiger partial charge in [0.05, 0.1) is 10.9 Å². The van der Waals surface area contributed by atoms with Crippen molar-refractivity contribution in [3.05, 3.63) is 89.0 Å². The Balaban J connectivity index is 1.64. The summed E-state index contributed by atoms with van der Waals surface area (Å²) in [6, 6.07) is 19.6. The number of nitrogens with one attached hydrogen (secondary N) is 3. The van der Waals surface area contributed by atoms with Gasteiger partial charge in [0, 0.05) is 22.5 Å². The van der Waals surface area contributed by atoms with Crippen molar-refractivity contribution in [3.8, 4) is 0 Å². The van der Waals surface area contributed by atoms with Gasteiger partial charge in [0.25, 0.3) is 5.91 Å². The zero-order valence-corrected chi connectivity index (χ0v) is 21.5. The molecule has 0 fully saturated rings. The molecule has 184 valence electrons. The Morgan fingerprint density at radius 1 is 1.00 bits per heavy atom. The van der Waals surface area contributed by atoms with E-state index in [9.17, 15) is 13.2 Å². The van der Waals surface area contributed by atoms with Gasteiger partial charge in [-0.15, -0.1) is 0 Å². The molecule has 0 spiro atoms. The van der Waals surface area contributed by atoms with Gasteiger partial charge in [-0.2, -0.15) is 0 Å². The highest BCUT2D eigenvalue weighted by molar-refractivity contribution is 7.89. The molecule has 0 unspecified atom stereocenters. The molecule has 1 atom stereocenters. The molecule has 3 N–H and O–H groups in total. The van der Waals surface area contributed by atoms with Crippen molar-refractivity contribution in [1.29, 1.82) is 0 Å². The molecule has 0 aromatic heterocycles. The Morgan fingerprint density at radius 2 is 1.71 bits per heavy atom. The van der Waals surface area contributed by atoms with Crippen LogP contribution in [0.25, 0.3) is 0 Å². The van der Waals surface area contributed by atoms with Crippen molar-refractivity contribution in [3.63, 3.8) is 0 Å². The summed E-state index contributed by atoms with van der Waals surface area (Å²) >= 11 is 0. The average Bonchev–Trinajstić information content (AvgIpc) is 2.83. The number of carbonyl (C=O) groups excluding carboxylic acids is 1. The van der Waals surface area contributed by atoms with Crippen LogP contribution in [0, 0.1) is 0 Å². The van der Waals surface area contributed by atoms with E-state index in [4.69, 9.17) is 0 Å². The summed E-state index contributed by atoms with van der Waals surface area (Å²) in [7, 11) is -3.75. The Labute approximate surface area is 208 Å². The first-order valence-electron chi connectivity index (χ1n) is 12.0. The smallest absolute Gasteiger partial charge is 0.255 e. The number of amides is 1. The molecular formula is C28H33N3O3S. The lowest BCUT2D eigenvalue weighted by molar-refractivity contribution is 0.102. The van der Waals surface area contributed by atoms with Crippen LogP contribution in [0.15, 0.2) is 71.6 Å². The van der Waals surface area contributed by atoms with Gasteiger partial charge in [0.15, 0.2) is 0 Å². The van der Waals surface area contributed by atoms with Gasteiger partial charge in [-0.25, -0.2) is 13.1 Å². The monoisotopic (exact) mass is 491 g/mol. The van der Waals surface area contributed by atoms with Crippen LogP contribution in [-0.2, 0) is 22.9 Å². The maximum absolute atomic E-state index is 13.2. The maximum Gasteiger partial charge on any atom is 0.255 e. The number of benzene rings is 3. The second kappa shape index (κ2) is 9.84.